The van der Waals surface area contributed by atoms with Crippen molar-refractivity contribution in [3.8, 4) is 0 Å². The first kappa shape index (κ1) is 36.9. The third-order valence-corrected chi connectivity index (χ3v) is 15.1. The Morgan fingerprint density at radius 3 is 2.48 bits per heavy atom. The number of amides is 4. The third-order valence-electron chi connectivity index (χ3n) is 11.9. The molecule has 52 heavy (non-hydrogen) atoms. The van der Waals surface area contributed by atoms with Gasteiger partial charge in [-0.3, -0.25) is 24.0 Å². The van der Waals surface area contributed by atoms with Crippen LogP contribution in [-0.4, -0.2) is 81.5 Å². The number of hydrogen-bond donors (Lipinski definition) is 4. The molecular formula is C36H47ClN6O7S2. The largest absolute Gasteiger partial charge is 0.465 e. The summed E-state index contributed by atoms with van der Waals surface area (Å²) in [7, 11) is -3.86. The van der Waals surface area contributed by atoms with Crippen LogP contribution in [0.5, 0.6) is 0 Å². The fourth-order valence-electron chi connectivity index (χ4n) is 8.73. The Bertz CT molecular complexity index is 1850. The number of carbonyl (C=O) groups is 4. The van der Waals surface area contributed by atoms with Gasteiger partial charge >= 0.3 is 6.09 Å². The zero-order valence-electron chi connectivity index (χ0n) is 29.5. The quantitative estimate of drug-likeness (QED) is 0.229. The van der Waals surface area contributed by atoms with E-state index in [-0.39, 0.29) is 43.7 Å². The molecule has 1 aromatic carbocycles. The number of carbonyl (C=O) groups excluding carboxylic acids is 3. The number of aryl methyl sites for hydroxylation is 1. The van der Waals surface area contributed by atoms with Gasteiger partial charge in [0.15, 0.2) is 5.13 Å². The molecule has 4 amide bonds. The van der Waals surface area contributed by atoms with Crippen LogP contribution in [0.4, 0.5) is 9.93 Å². The standard InChI is InChI=1S/C36H47ClN6O7S2/c1-3-22-16-36(22,33(46)41-52(49,50)24-13-14-24)40-31(44)28-15-21(30-25-11-8-12-27(37)26(25)19-43(30)35(47)48)18-42(28)32(45)29(20-9-6-5-7-10-20)39-34-38-17-23(4-2)51-34/h8,11-12,17,20-22,24,28-30H,3-7,9-10,13-16,18-19H2,1-2H3,(H,38,39)(H,40,44)(H,41,46)(H,47,48)/t21-,22-,28+,29+,30?,36-/m1/s1. The van der Waals surface area contributed by atoms with Crippen molar-refractivity contribution in [2.24, 2.45) is 17.8 Å². The number of fused-ring (bicyclic) bond motifs is 1. The molecule has 16 heteroatoms. The number of nitrogens with zero attached hydrogens (tertiary/aromatic N) is 3. The van der Waals surface area contributed by atoms with E-state index in [1.807, 2.05) is 19.9 Å². The van der Waals surface area contributed by atoms with E-state index in [0.717, 1.165) is 49.0 Å². The fraction of sp³-hybridized carbons (Fsp3) is 0.639. The second kappa shape index (κ2) is 14.4. The number of benzene rings is 1. The van der Waals surface area contributed by atoms with E-state index in [1.54, 1.807) is 23.2 Å². The lowest BCUT2D eigenvalue weighted by Crippen LogP contribution is -2.58. The number of likely N-dealkylation sites (tertiary alicyclic amines) is 1. The Kier molecular flexibility index (Phi) is 10.2. The van der Waals surface area contributed by atoms with Crippen molar-refractivity contribution < 1.29 is 32.7 Å². The number of halogens is 1. The molecule has 2 aliphatic heterocycles. The van der Waals surface area contributed by atoms with Crippen LogP contribution >= 0.6 is 22.9 Å². The molecule has 3 heterocycles. The van der Waals surface area contributed by atoms with Gasteiger partial charge in [-0.2, -0.15) is 0 Å². The first-order valence-corrected chi connectivity index (χ1v) is 21.3. The van der Waals surface area contributed by atoms with Crippen LogP contribution in [0.15, 0.2) is 24.4 Å². The molecule has 4 N–H and O–H groups in total. The summed E-state index contributed by atoms with van der Waals surface area (Å²) in [5.41, 5.74) is 0.0371. The van der Waals surface area contributed by atoms with E-state index in [4.69, 9.17) is 11.6 Å². The highest BCUT2D eigenvalue weighted by molar-refractivity contribution is 7.91. The SMILES string of the molecule is CCc1cnc(N[C@H](C(=O)N2C[C@H](C3c4cccc(Cl)c4CN3C(=O)O)C[C@H]2C(=O)N[C@]2(C(=O)NS(=O)(=O)C3CC3)C[C@H]2CC)C2CCCCC2)s1. The first-order chi connectivity index (χ1) is 24.9. The second-order valence-corrected chi connectivity index (χ2v) is 18.6. The Morgan fingerprint density at radius 2 is 1.85 bits per heavy atom. The predicted molar refractivity (Wildman–Crippen MR) is 196 cm³/mol. The maximum Gasteiger partial charge on any atom is 0.408 e. The van der Waals surface area contributed by atoms with Crippen molar-refractivity contribution in [3.05, 3.63) is 45.4 Å². The average Bonchev–Trinajstić information content (AvgIpc) is 3.95. The average molecular weight is 775 g/mol. The molecule has 282 valence electrons. The summed E-state index contributed by atoms with van der Waals surface area (Å²) in [6.45, 7) is 4.12. The maximum atomic E-state index is 15.0. The van der Waals surface area contributed by atoms with Crippen molar-refractivity contribution in [2.75, 3.05) is 11.9 Å². The molecule has 7 rings (SSSR count). The minimum absolute atomic E-state index is 0.00262. The minimum Gasteiger partial charge on any atom is -0.465 e. The molecule has 6 atom stereocenters. The lowest BCUT2D eigenvalue weighted by molar-refractivity contribution is -0.141. The van der Waals surface area contributed by atoms with Gasteiger partial charge in [-0.15, -0.1) is 11.3 Å². The zero-order valence-corrected chi connectivity index (χ0v) is 31.9. The Morgan fingerprint density at radius 1 is 1.10 bits per heavy atom. The third kappa shape index (κ3) is 7.00. The van der Waals surface area contributed by atoms with E-state index in [9.17, 15) is 32.7 Å². The van der Waals surface area contributed by atoms with Gasteiger partial charge in [0.2, 0.25) is 21.8 Å². The van der Waals surface area contributed by atoms with Gasteiger partial charge in [0.25, 0.3) is 5.91 Å². The van der Waals surface area contributed by atoms with Crippen LogP contribution in [-0.2, 0) is 37.4 Å². The predicted octanol–water partition coefficient (Wildman–Crippen LogP) is 5.07. The van der Waals surface area contributed by atoms with Crippen molar-refractivity contribution in [2.45, 2.75) is 120 Å². The van der Waals surface area contributed by atoms with Crippen molar-refractivity contribution in [1.29, 1.82) is 0 Å². The normalized spacial score (nSPS) is 27.9. The Labute approximate surface area is 313 Å². The van der Waals surface area contributed by atoms with Crippen molar-refractivity contribution in [3.63, 3.8) is 0 Å². The van der Waals surface area contributed by atoms with Crippen LogP contribution in [0.25, 0.3) is 0 Å². The number of aromatic nitrogens is 1. The molecule has 3 aliphatic carbocycles. The smallest absolute Gasteiger partial charge is 0.408 e. The van der Waals surface area contributed by atoms with Crippen LogP contribution in [0.1, 0.15) is 100 Å². The second-order valence-electron chi connectivity index (χ2n) is 15.1. The van der Waals surface area contributed by atoms with Gasteiger partial charge < -0.3 is 20.6 Å². The first-order valence-electron chi connectivity index (χ1n) is 18.5. The molecule has 4 fully saturated rings. The van der Waals surface area contributed by atoms with E-state index in [0.29, 0.717) is 35.0 Å². The summed E-state index contributed by atoms with van der Waals surface area (Å²) in [6, 6.07) is 2.99. The number of hydrogen-bond acceptors (Lipinski definition) is 9. The maximum absolute atomic E-state index is 15.0. The lowest BCUT2D eigenvalue weighted by Gasteiger charge is -2.35. The molecule has 1 unspecified atom stereocenters. The molecule has 3 saturated carbocycles. The molecule has 1 aromatic heterocycles. The van der Waals surface area contributed by atoms with E-state index >= 15 is 0 Å². The number of anilines is 1. The van der Waals surface area contributed by atoms with E-state index in [2.05, 4.69) is 20.3 Å². The summed E-state index contributed by atoms with van der Waals surface area (Å²) < 4.78 is 27.8. The molecule has 2 aromatic rings. The minimum atomic E-state index is -3.86. The number of thiazole rings is 1. The molecule has 0 bridgehead atoms. The lowest BCUT2D eigenvalue weighted by atomic mass is 9.83. The molecule has 13 nitrogen and oxygen atoms in total. The summed E-state index contributed by atoms with van der Waals surface area (Å²) in [4.78, 5) is 64.3. The highest BCUT2D eigenvalue weighted by Gasteiger charge is 2.62. The summed E-state index contributed by atoms with van der Waals surface area (Å²) in [5, 5.41) is 17.2. The summed E-state index contributed by atoms with van der Waals surface area (Å²) in [5.74, 6) is -2.31. The number of nitrogens with one attached hydrogen (secondary N) is 3. The van der Waals surface area contributed by atoms with Gasteiger partial charge in [-0.1, -0.05) is 63.3 Å². The van der Waals surface area contributed by atoms with Gasteiger partial charge in [0.05, 0.1) is 17.8 Å². The topological polar surface area (TPSA) is 178 Å². The Hall–Kier alpha value is -3.43. The van der Waals surface area contributed by atoms with Crippen LogP contribution in [0.2, 0.25) is 5.02 Å². The number of rotatable bonds is 12. The van der Waals surface area contributed by atoms with E-state index < -0.39 is 62.8 Å². The van der Waals surface area contributed by atoms with Gasteiger partial charge in [0, 0.05) is 28.6 Å². The fourth-order valence-corrected chi connectivity index (χ4v) is 11.1. The number of sulfonamides is 1. The van der Waals surface area contributed by atoms with Crippen LogP contribution in [0.3, 0.4) is 0 Å². The number of carboxylic acid groups (broad SMARTS) is 1. The molecule has 1 saturated heterocycles. The van der Waals surface area contributed by atoms with Gasteiger partial charge in [-0.05, 0) is 74.0 Å². The monoisotopic (exact) mass is 774 g/mol. The molecule has 0 spiro atoms. The zero-order chi connectivity index (χ0) is 36.9. The highest BCUT2D eigenvalue weighted by Crippen LogP contribution is 2.49. The van der Waals surface area contributed by atoms with Crippen molar-refractivity contribution >= 4 is 61.9 Å². The molecule has 0 radical (unpaired) electrons. The summed E-state index contributed by atoms with van der Waals surface area (Å²) >= 11 is 8.04. The van der Waals surface area contributed by atoms with Crippen molar-refractivity contribution in [1.82, 2.24) is 24.8 Å². The van der Waals surface area contributed by atoms with Gasteiger partial charge in [0.1, 0.15) is 17.6 Å². The van der Waals surface area contributed by atoms with Crippen LogP contribution < -0.4 is 15.4 Å². The Balaban J connectivity index is 1.22. The summed E-state index contributed by atoms with van der Waals surface area (Å²) in [6.07, 6.45) is 8.13. The molecule has 5 aliphatic rings. The van der Waals surface area contributed by atoms with Crippen LogP contribution in [0, 0.1) is 17.8 Å². The van der Waals surface area contributed by atoms with E-state index in [1.165, 1.54) is 16.2 Å². The van der Waals surface area contributed by atoms with Gasteiger partial charge in [-0.25, -0.2) is 18.2 Å². The molecular weight excluding hydrogens is 728 g/mol. The highest BCUT2D eigenvalue weighted by atomic mass is 35.5.